The van der Waals surface area contributed by atoms with Gasteiger partial charge in [0.05, 0.1) is 6.21 Å². The molecule has 118 valence electrons. The van der Waals surface area contributed by atoms with Crippen molar-refractivity contribution in [3.05, 3.63) is 90.3 Å². The highest BCUT2D eigenvalue weighted by molar-refractivity contribution is 5.94. The number of rotatable bonds is 5. The molecule has 0 spiro atoms. The van der Waals surface area contributed by atoms with Crippen molar-refractivity contribution >= 4 is 12.1 Å². The lowest BCUT2D eigenvalue weighted by molar-refractivity contribution is 0.0955. The highest BCUT2D eigenvalue weighted by Gasteiger charge is 2.04. The van der Waals surface area contributed by atoms with E-state index in [9.17, 15) is 4.79 Å². The number of ether oxygens (including phenoxy) is 1. The van der Waals surface area contributed by atoms with Crippen LogP contribution in [-0.4, -0.2) is 17.1 Å². The summed E-state index contributed by atoms with van der Waals surface area (Å²) in [6.07, 6.45) is 4.87. The van der Waals surface area contributed by atoms with Crippen LogP contribution in [0.25, 0.3) is 0 Å². The first kappa shape index (κ1) is 15.4. The largest absolute Gasteiger partial charge is 0.457 e. The Bertz CT molecular complexity index is 816. The van der Waals surface area contributed by atoms with Gasteiger partial charge in [0, 0.05) is 23.5 Å². The molecule has 1 N–H and O–H groups in total. The van der Waals surface area contributed by atoms with E-state index in [1.54, 1.807) is 42.7 Å². The molecule has 0 aliphatic heterocycles. The van der Waals surface area contributed by atoms with Gasteiger partial charge in [0.2, 0.25) is 0 Å². The Morgan fingerprint density at radius 1 is 0.958 bits per heavy atom. The SMILES string of the molecule is O=C(N/N=C/c1cccnc1)c1ccc(Oc2ccccc2)cc1. The van der Waals surface area contributed by atoms with Gasteiger partial charge < -0.3 is 4.74 Å². The number of para-hydroxylation sites is 1. The fraction of sp³-hybridized carbons (Fsp3) is 0. The van der Waals surface area contributed by atoms with E-state index >= 15 is 0 Å². The Morgan fingerprint density at radius 3 is 2.42 bits per heavy atom. The molecule has 0 fully saturated rings. The number of carbonyl (C=O) groups is 1. The number of amides is 1. The van der Waals surface area contributed by atoms with Crippen LogP contribution in [0.1, 0.15) is 15.9 Å². The van der Waals surface area contributed by atoms with Gasteiger partial charge in [-0.05, 0) is 42.5 Å². The predicted octanol–water partition coefficient (Wildman–Crippen LogP) is 3.64. The average Bonchev–Trinajstić information content (AvgIpc) is 2.64. The molecule has 1 amide bonds. The van der Waals surface area contributed by atoms with Gasteiger partial charge in [-0.1, -0.05) is 24.3 Å². The molecule has 3 aromatic rings. The molecule has 0 unspecified atom stereocenters. The third kappa shape index (κ3) is 4.27. The molecule has 0 bridgehead atoms. The van der Waals surface area contributed by atoms with Crippen molar-refractivity contribution in [2.45, 2.75) is 0 Å². The zero-order chi connectivity index (χ0) is 16.6. The van der Waals surface area contributed by atoms with E-state index in [1.165, 1.54) is 6.21 Å². The molecule has 0 aliphatic carbocycles. The van der Waals surface area contributed by atoms with E-state index in [0.29, 0.717) is 11.3 Å². The molecule has 2 aromatic carbocycles. The van der Waals surface area contributed by atoms with Gasteiger partial charge in [-0.3, -0.25) is 9.78 Å². The van der Waals surface area contributed by atoms with Crippen LogP contribution >= 0.6 is 0 Å². The Labute approximate surface area is 139 Å². The number of aromatic nitrogens is 1. The first-order valence-electron chi connectivity index (χ1n) is 7.38. The number of nitrogens with one attached hydrogen (secondary N) is 1. The summed E-state index contributed by atoms with van der Waals surface area (Å²) in [5.74, 6) is 1.12. The lowest BCUT2D eigenvalue weighted by Gasteiger charge is -2.06. The molecule has 0 saturated carbocycles. The molecule has 1 heterocycles. The van der Waals surface area contributed by atoms with E-state index in [2.05, 4.69) is 15.5 Å². The molecule has 0 radical (unpaired) electrons. The minimum Gasteiger partial charge on any atom is -0.457 e. The molecule has 0 aliphatic rings. The lowest BCUT2D eigenvalue weighted by atomic mass is 10.2. The van der Waals surface area contributed by atoms with Crippen LogP contribution in [0.2, 0.25) is 0 Å². The maximum absolute atomic E-state index is 12.0. The second kappa shape index (κ2) is 7.69. The van der Waals surface area contributed by atoms with Gasteiger partial charge >= 0.3 is 0 Å². The standard InChI is InChI=1S/C19H15N3O2/c23-19(22-21-14-15-5-4-12-20-13-15)16-8-10-18(11-9-16)24-17-6-2-1-3-7-17/h1-14H,(H,22,23)/b21-14+. The third-order valence-corrected chi connectivity index (χ3v) is 3.16. The van der Waals surface area contributed by atoms with Crippen molar-refractivity contribution < 1.29 is 9.53 Å². The van der Waals surface area contributed by atoms with Crippen LogP contribution in [0.4, 0.5) is 0 Å². The first-order valence-corrected chi connectivity index (χ1v) is 7.38. The maximum Gasteiger partial charge on any atom is 0.271 e. The van der Waals surface area contributed by atoms with Crippen LogP contribution in [0, 0.1) is 0 Å². The van der Waals surface area contributed by atoms with Crippen molar-refractivity contribution in [2.24, 2.45) is 5.10 Å². The zero-order valence-corrected chi connectivity index (χ0v) is 12.8. The number of carbonyl (C=O) groups excluding carboxylic acids is 1. The average molecular weight is 317 g/mol. The molecule has 5 heteroatoms. The Hall–Kier alpha value is -3.47. The summed E-state index contributed by atoms with van der Waals surface area (Å²) >= 11 is 0. The first-order chi connectivity index (χ1) is 11.8. The third-order valence-electron chi connectivity index (χ3n) is 3.16. The maximum atomic E-state index is 12.0. The van der Waals surface area contributed by atoms with E-state index < -0.39 is 0 Å². The highest BCUT2D eigenvalue weighted by atomic mass is 16.5. The van der Waals surface area contributed by atoms with Crippen molar-refractivity contribution in [1.29, 1.82) is 0 Å². The number of nitrogens with zero attached hydrogens (tertiary/aromatic N) is 2. The molecule has 3 rings (SSSR count). The van der Waals surface area contributed by atoms with Crippen LogP contribution in [0.5, 0.6) is 11.5 Å². The van der Waals surface area contributed by atoms with Crippen LogP contribution in [0.3, 0.4) is 0 Å². The summed E-state index contributed by atoms with van der Waals surface area (Å²) in [6, 6.07) is 20.0. The quantitative estimate of drug-likeness (QED) is 0.577. The summed E-state index contributed by atoms with van der Waals surface area (Å²) in [4.78, 5) is 16.0. The summed E-state index contributed by atoms with van der Waals surface area (Å²) < 4.78 is 5.68. The van der Waals surface area contributed by atoms with Gasteiger partial charge in [-0.15, -0.1) is 0 Å². The fourth-order valence-electron chi connectivity index (χ4n) is 1.98. The Balaban J connectivity index is 1.58. The highest BCUT2D eigenvalue weighted by Crippen LogP contribution is 2.21. The van der Waals surface area contributed by atoms with E-state index in [1.807, 2.05) is 36.4 Å². The molecule has 0 saturated heterocycles. The fourth-order valence-corrected chi connectivity index (χ4v) is 1.98. The predicted molar refractivity (Wildman–Crippen MR) is 92.3 cm³/mol. The van der Waals surface area contributed by atoms with Gasteiger partial charge in [0.25, 0.3) is 5.91 Å². The second-order valence-electron chi connectivity index (χ2n) is 4.92. The van der Waals surface area contributed by atoms with E-state index in [-0.39, 0.29) is 5.91 Å². The second-order valence-corrected chi connectivity index (χ2v) is 4.92. The topological polar surface area (TPSA) is 63.6 Å². The number of pyridine rings is 1. The van der Waals surface area contributed by atoms with Crippen molar-refractivity contribution in [2.75, 3.05) is 0 Å². The summed E-state index contributed by atoms with van der Waals surface area (Å²) in [6.45, 7) is 0. The van der Waals surface area contributed by atoms with Gasteiger partial charge in [-0.2, -0.15) is 5.10 Å². The smallest absolute Gasteiger partial charge is 0.271 e. The van der Waals surface area contributed by atoms with Gasteiger partial charge in [0.15, 0.2) is 0 Å². The van der Waals surface area contributed by atoms with Crippen molar-refractivity contribution in [3.8, 4) is 11.5 Å². The monoisotopic (exact) mass is 317 g/mol. The summed E-state index contributed by atoms with van der Waals surface area (Å²) in [7, 11) is 0. The van der Waals surface area contributed by atoms with Crippen LogP contribution < -0.4 is 10.2 Å². The van der Waals surface area contributed by atoms with E-state index in [0.717, 1.165) is 11.3 Å². The molecule has 24 heavy (non-hydrogen) atoms. The number of hydrazone groups is 1. The number of hydrogen-bond acceptors (Lipinski definition) is 4. The molecular formula is C19H15N3O2. The Morgan fingerprint density at radius 2 is 1.71 bits per heavy atom. The zero-order valence-electron chi connectivity index (χ0n) is 12.8. The minimum atomic E-state index is -0.290. The minimum absolute atomic E-state index is 0.290. The molecular weight excluding hydrogens is 302 g/mol. The normalized spacial score (nSPS) is 10.5. The lowest BCUT2D eigenvalue weighted by Crippen LogP contribution is -2.17. The summed E-state index contributed by atoms with van der Waals surface area (Å²) in [5.41, 5.74) is 3.79. The molecule has 0 atom stereocenters. The number of hydrogen-bond donors (Lipinski definition) is 1. The molecule has 5 nitrogen and oxygen atoms in total. The molecule has 1 aromatic heterocycles. The van der Waals surface area contributed by atoms with Gasteiger partial charge in [0.1, 0.15) is 11.5 Å². The van der Waals surface area contributed by atoms with Crippen LogP contribution in [0.15, 0.2) is 84.2 Å². The van der Waals surface area contributed by atoms with Gasteiger partial charge in [-0.25, -0.2) is 5.43 Å². The number of benzene rings is 2. The van der Waals surface area contributed by atoms with Crippen molar-refractivity contribution in [3.63, 3.8) is 0 Å². The summed E-state index contributed by atoms with van der Waals surface area (Å²) in [5, 5.41) is 3.91. The van der Waals surface area contributed by atoms with E-state index in [4.69, 9.17) is 4.74 Å². The Kier molecular flexibility index (Phi) is 4.94. The van der Waals surface area contributed by atoms with Crippen LogP contribution in [-0.2, 0) is 0 Å². The van der Waals surface area contributed by atoms with Crippen molar-refractivity contribution in [1.82, 2.24) is 10.4 Å².